The van der Waals surface area contributed by atoms with E-state index in [0.717, 1.165) is 38.8 Å². The van der Waals surface area contributed by atoms with Gasteiger partial charge in [0, 0.05) is 34.0 Å². The molecule has 0 amide bonds. The molecule has 0 fully saturated rings. The summed E-state index contributed by atoms with van der Waals surface area (Å²) in [5.41, 5.74) is 9.21. The fourth-order valence-corrected chi connectivity index (χ4v) is 3.03. The molecule has 1 unspecified atom stereocenters. The summed E-state index contributed by atoms with van der Waals surface area (Å²) in [4.78, 5) is 16.4. The number of nitrogens with zero attached hydrogens (tertiary/aromatic N) is 3. The highest BCUT2D eigenvalue weighted by atomic mass is 79.9. The molecule has 0 saturated carbocycles. The first-order chi connectivity index (χ1) is 12.2. The summed E-state index contributed by atoms with van der Waals surface area (Å²) in [5.74, 6) is 0. The van der Waals surface area contributed by atoms with Crippen molar-refractivity contribution >= 4 is 38.8 Å². The maximum atomic E-state index is 5.84. The number of fused-ring (bicyclic) bond motifs is 1. The summed E-state index contributed by atoms with van der Waals surface area (Å²) in [6.07, 6.45) is 9.23. The van der Waals surface area contributed by atoms with Gasteiger partial charge in [-0.25, -0.2) is 9.97 Å². The number of rotatable bonds is 6. The Bertz CT molecular complexity index is 942. The first-order valence-corrected chi connectivity index (χ1v) is 8.62. The average Bonchev–Trinajstić information content (AvgIpc) is 3.10. The minimum absolute atomic E-state index is 0.0338. The summed E-state index contributed by atoms with van der Waals surface area (Å²) in [6, 6.07) is 10.0. The van der Waals surface area contributed by atoms with Crippen LogP contribution in [-0.4, -0.2) is 21.2 Å². The minimum Gasteiger partial charge on any atom is -0.404 e. The standard InChI is InChI=1S/C19H18BrN5/c1-2-4-17(13-5-3-6-15(20)9-13)23-11-14(10-21)18-16-7-8-22-19(16)25-12-24-18/h2-3,5-12,17H,1,4,21H2,(H,22,24,25). The first kappa shape index (κ1) is 17.1. The third kappa shape index (κ3) is 3.85. The van der Waals surface area contributed by atoms with Gasteiger partial charge in [0.25, 0.3) is 0 Å². The Hall–Kier alpha value is -2.73. The van der Waals surface area contributed by atoms with Gasteiger partial charge in [0.05, 0.1) is 11.7 Å². The van der Waals surface area contributed by atoms with E-state index in [0.29, 0.717) is 0 Å². The van der Waals surface area contributed by atoms with Crippen LogP contribution in [0.3, 0.4) is 0 Å². The number of aliphatic imine (C=N–C) groups is 1. The lowest BCUT2D eigenvalue weighted by atomic mass is 10.0. The van der Waals surface area contributed by atoms with E-state index in [4.69, 9.17) is 10.7 Å². The first-order valence-electron chi connectivity index (χ1n) is 7.83. The van der Waals surface area contributed by atoms with Gasteiger partial charge < -0.3 is 10.7 Å². The van der Waals surface area contributed by atoms with Gasteiger partial charge in [-0.2, -0.15) is 0 Å². The normalized spacial score (nSPS) is 13.4. The lowest BCUT2D eigenvalue weighted by Gasteiger charge is -2.11. The zero-order valence-electron chi connectivity index (χ0n) is 13.6. The summed E-state index contributed by atoms with van der Waals surface area (Å²) >= 11 is 3.51. The summed E-state index contributed by atoms with van der Waals surface area (Å²) in [7, 11) is 0. The van der Waals surface area contributed by atoms with Gasteiger partial charge in [-0.1, -0.05) is 34.1 Å². The topological polar surface area (TPSA) is 79.9 Å². The molecule has 0 saturated heterocycles. The number of allylic oxidation sites excluding steroid dienone is 1. The second-order valence-electron chi connectivity index (χ2n) is 5.46. The molecule has 0 aliphatic carbocycles. The third-order valence-electron chi connectivity index (χ3n) is 3.82. The van der Waals surface area contributed by atoms with Crippen molar-refractivity contribution in [3.8, 4) is 0 Å². The Morgan fingerprint density at radius 3 is 3.00 bits per heavy atom. The number of nitrogens with two attached hydrogens (primary N) is 1. The van der Waals surface area contributed by atoms with E-state index >= 15 is 0 Å². The second-order valence-corrected chi connectivity index (χ2v) is 6.37. The molecule has 2 heterocycles. The Labute approximate surface area is 154 Å². The van der Waals surface area contributed by atoms with Crippen LogP contribution in [0.2, 0.25) is 0 Å². The van der Waals surface area contributed by atoms with Crippen LogP contribution in [0.4, 0.5) is 0 Å². The van der Waals surface area contributed by atoms with Crippen LogP contribution in [0, 0.1) is 0 Å². The van der Waals surface area contributed by atoms with Crippen LogP contribution in [0.15, 0.2) is 71.2 Å². The Balaban J connectivity index is 1.94. The van der Waals surface area contributed by atoms with Crippen LogP contribution in [0.5, 0.6) is 0 Å². The largest absolute Gasteiger partial charge is 0.404 e. The van der Waals surface area contributed by atoms with E-state index in [2.05, 4.69) is 49.6 Å². The molecule has 0 aliphatic rings. The van der Waals surface area contributed by atoms with Crippen LogP contribution < -0.4 is 5.73 Å². The lowest BCUT2D eigenvalue weighted by molar-refractivity contribution is 0.748. The average molecular weight is 396 g/mol. The summed E-state index contributed by atoms with van der Waals surface area (Å²) in [6.45, 7) is 3.84. The monoisotopic (exact) mass is 395 g/mol. The van der Waals surface area contributed by atoms with Gasteiger partial charge in [-0.3, -0.25) is 4.99 Å². The summed E-state index contributed by atoms with van der Waals surface area (Å²) in [5, 5.41) is 0.911. The highest BCUT2D eigenvalue weighted by molar-refractivity contribution is 9.10. The third-order valence-corrected chi connectivity index (χ3v) is 4.32. The molecule has 3 rings (SSSR count). The molecule has 6 heteroatoms. The predicted octanol–water partition coefficient (Wildman–Crippen LogP) is 4.41. The van der Waals surface area contributed by atoms with Crippen LogP contribution >= 0.6 is 15.9 Å². The molecule has 0 aliphatic heterocycles. The van der Waals surface area contributed by atoms with Gasteiger partial charge in [0.15, 0.2) is 0 Å². The molecule has 1 aromatic carbocycles. The number of hydrogen-bond acceptors (Lipinski definition) is 4. The Morgan fingerprint density at radius 2 is 2.24 bits per heavy atom. The Morgan fingerprint density at radius 1 is 1.36 bits per heavy atom. The van der Waals surface area contributed by atoms with E-state index in [1.807, 2.05) is 30.5 Å². The molecular formula is C19H18BrN5. The number of benzene rings is 1. The van der Waals surface area contributed by atoms with Gasteiger partial charge in [-0.05, 0) is 30.2 Å². The molecule has 3 N–H and O–H groups in total. The van der Waals surface area contributed by atoms with Crippen molar-refractivity contribution in [1.29, 1.82) is 0 Å². The SMILES string of the molecule is C=CCC(N=CC(=CN)c1ncnc2[nH]ccc12)c1cccc(Br)c1. The van der Waals surface area contributed by atoms with E-state index in [1.54, 1.807) is 6.21 Å². The quantitative estimate of drug-likeness (QED) is 0.479. The molecule has 1 atom stereocenters. The van der Waals surface area contributed by atoms with Crippen LogP contribution in [-0.2, 0) is 0 Å². The summed E-state index contributed by atoms with van der Waals surface area (Å²) < 4.78 is 1.02. The zero-order chi connectivity index (χ0) is 17.6. The van der Waals surface area contributed by atoms with Gasteiger partial charge in [0.2, 0.25) is 0 Å². The molecule has 0 radical (unpaired) electrons. The highest BCUT2D eigenvalue weighted by Crippen LogP contribution is 2.26. The number of H-pyrrole nitrogens is 1. The molecular weight excluding hydrogens is 378 g/mol. The molecule has 25 heavy (non-hydrogen) atoms. The molecule has 126 valence electrons. The number of aromatic nitrogens is 3. The van der Waals surface area contributed by atoms with Crippen molar-refractivity contribution in [2.75, 3.05) is 0 Å². The van der Waals surface area contributed by atoms with Crippen LogP contribution in [0.25, 0.3) is 16.6 Å². The Kier molecular flexibility index (Phi) is 5.40. The van der Waals surface area contributed by atoms with Crippen molar-refractivity contribution in [2.24, 2.45) is 10.7 Å². The smallest absolute Gasteiger partial charge is 0.141 e. The van der Waals surface area contributed by atoms with Crippen molar-refractivity contribution in [3.63, 3.8) is 0 Å². The molecule has 2 aromatic heterocycles. The molecule has 5 nitrogen and oxygen atoms in total. The van der Waals surface area contributed by atoms with E-state index < -0.39 is 0 Å². The van der Waals surface area contributed by atoms with Gasteiger partial charge >= 0.3 is 0 Å². The predicted molar refractivity (Wildman–Crippen MR) is 106 cm³/mol. The number of nitrogens with one attached hydrogen (secondary N) is 1. The van der Waals surface area contributed by atoms with E-state index in [9.17, 15) is 0 Å². The van der Waals surface area contributed by atoms with Gasteiger partial charge in [0.1, 0.15) is 12.0 Å². The maximum absolute atomic E-state index is 5.84. The fourth-order valence-electron chi connectivity index (χ4n) is 2.61. The maximum Gasteiger partial charge on any atom is 0.141 e. The molecule has 0 bridgehead atoms. The van der Waals surface area contributed by atoms with Crippen molar-refractivity contribution in [2.45, 2.75) is 12.5 Å². The number of halogens is 1. The van der Waals surface area contributed by atoms with Crippen molar-refractivity contribution < 1.29 is 0 Å². The second kappa shape index (κ2) is 7.90. The van der Waals surface area contributed by atoms with Crippen molar-refractivity contribution in [3.05, 3.63) is 77.4 Å². The van der Waals surface area contributed by atoms with E-state index in [-0.39, 0.29) is 6.04 Å². The molecule has 3 aromatic rings. The fraction of sp³-hybridized carbons (Fsp3) is 0.105. The lowest BCUT2D eigenvalue weighted by Crippen LogP contribution is -1.99. The minimum atomic E-state index is -0.0338. The number of hydrogen-bond donors (Lipinski definition) is 2. The number of aromatic amines is 1. The highest BCUT2D eigenvalue weighted by Gasteiger charge is 2.11. The van der Waals surface area contributed by atoms with Crippen molar-refractivity contribution in [1.82, 2.24) is 15.0 Å². The zero-order valence-corrected chi connectivity index (χ0v) is 15.1. The van der Waals surface area contributed by atoms with Crippen LogP contribution in [0.1, 0.15) is 23.7 Å². The van der Waals surface area contributed by atoms with E-state index in [1.165, 1.54) is 12.5 Å². The molecule has 0 spiro atoms. The van der Waals surface area contributed by atoms with Gasteiger partial charge in [-0.15, -0.1) is 6.58 Å².